The molecule has 37 heavy (non-hydrogen) atoms. The predicted octanol–water partition coefficient (Wildman–Crippen LogP) is 7.47. The van der Waals surface area contributed by atoms with Crippen LogP contribution in [0.25, 0.3) is 0 Å². The molecule has 0 saturated heterocycles. The van der Waals surface area contributed by atoms with Gasteiger partial charge < -0.3 is 0 Å². The van der Waals surface area contributed by atoms with Gasteiger partial charge in [-0.25, -0.2) is 0 Å². The van der Waals surface area contributed by atoms with Gasteiger partial charge in [-0.05, 0) is 0 Å². The molecule has 0 spiro atoms. The van der Waals surface area contributed by atoms with Crippen molar-refractivity contribution >= 4 is 3.87 Å². The van der Waals surface area contributed by atoms with Crippen molar-refractivity contribution < 1.29 is 46.3 Å². The Balaban J connectivity index is 1.91. The van der Waals surface area contributed by atoms with E-state index in [1.54, 1.807) is 6.07 Å². The molecule has 4 rings (SSSR count). The minimum atomic E-state index is -5.93. The standard InChI is InChI=1S/C29H34O2.2H2O2.O.Ti/c1-19-16-17-22(30-26-20(2)12-10-14-23(26)28(4,5)6)18-25(19)31-27-21(3)13-11-15-24(27)29(7,8)9;2*1-2;;/h10-15,17-18H,1H2,2-9H3;2*1-2H;;/q;;;;+2/p-2. The van der Waals surface area contributed by atoms with Crippen LogP contribution in [0.4, 0.5) is 0 Å². The van der Waals surface area contributed by atoms with Crippen molar-refractivity contribution in [1.29, 1.82) is 0 Å². The molecule has 0 radical (unpaired) electrons. The van der Waals surface area contributed by atoms with E-state index in [1.165, 1.54) is 6.07 Å². The van der Waals surface area contributed by atoms with E-state index in [-0.39, 0.29) is 19.4 Å². The molecule has 1 aliphatic rings. The zero-order chi connectivity index (χ0) is 27.4. The predicted molar refractivity (Wildman–Crippen MR) is 138 cm³/mol. The SMILES string of the molecule is Cc1cccc(C(C)(C)C)c1Oc1cc(Oc2c(C)cccc2C(C)(C)C)c2[c](c1)[Ti](=[O])([O]O)([O]O)[CH2]2. The molecule has 0 bridgehead atoms. The normalized spacial score (nSPS) is 15.8. The molecule has 1 aliphatic heterocycles. The molecule has 0 aromatic heterocycles. The van der Waals surface area contributed by atoms with Crippen LogP contribution in [0.3, 0.4) is 0 Å². The molecule has 3 aromatic carbocycles. The van der Waals surface area contributed by atoms with Gasteiger partial charge in [-0.3, -0.25) is 0 Å². The van der Waals surface area contributed by atoms with E-state index < -0.39 is 16.1 Å². The molecule has 3 aromatic rings. The number of hydrogen-bond acceptors (Lipinski definition) is 7. The summed E-state index contributed by atoms with van der Waals surface area (Å²) in [4.78, 5) is 0. The van der Waals surface area contributed by atoms with Crippen LogP contribution in [-0.4, -0.2) is 10.5 Å². The maximum absolute atomic E-state index is 13.6. The number of rotatable bonds is 6. The monoisotopic (exact) mass is 544 g/mol. The zero-order valence-corrected chi connectivity index (χ0v) is 24.3. The van der Waals surface area contributed by atoms with Crippen LogP contribution in [0.1, 0.15) is 69.4 Å². The Morgan fingerprint density at radius 3 is 1.70 bits per heavy atom. The van der Waals surface area contributed by atoms with E-state index in [4.69, 9.17) is 9.47 Å². The molecule has 0 atom stereocenters. The summed E-state index contributed by atoms with van der Waals surface area (Å²) in [6, 6.07) is 15.1. The first-order chi connectivity index (χ1) is 17.1. The summed E-state index contributed by atoms with van der Waals surface area (Å²) in [6.45, 7) is 16.5. The number of aryl methyl sites for hydroxylation is 2. The number of fused-ring (bicyclic) bond motifs is 1. The fourth-order valence-corrected chi connectivity index (χ4v) is 8.65. The Bertz CT molecular complexity index is 1420. The van der Waals surface area contributed by atoms with Crippen molar-refractivity contribution in [3.05, 3.63) is 76.3 Å². The molecule has 0 amide bonds. The molecular formula is C29H36O7Ti. The topological polar surface area (TPSA) is 94.5 Å². The first kappa shape index (κ1) is 27.6. The molecule has 8 heteroatoms. The van der Waals surface area contributed by atoms with Crippen LogP contribution in [-0.2, 0) is 41.9 Å². The van der Waals surface area contributed by atoms with E-state index in [0.717, 1.165) is 22.3 Å². The van der Waals surface area contributed by atoms with E-state index >= 15 is 0 Å². The van der Waals surface area contributed by atoms with Gasteiger partial charge in [-0.15, -0.1) is 0 Å². The van der Waals surface area contributed by atoms with E-state index in [1.807, 2.05) is 50.2 Å². The molecular weight excluding hydrogens is 508 g/mol. The van der Waals surface area contributed by atoms with Gasteiger partial charge in [-0.1, -0.05) is 0 Å². The Hall–Kier alpha value is -2.39. The Morgan fingerprint density at radius 2 is 1.24 bits per heavy atom. The maximum atomic E-state index is 13.6. The van der Waals surface area contributed by atoms with Gasteiger partial charge in [0.1, 0.15) is 0 Å². The second kappa shape index (κ2) is 9.12. The first-order valence-corrected chi connectivity index (χ1v) is 16.2. The molecule has 0 aliphatic carbocycles. The molecule has 0 unspecified atom stereocenters. The summed E-state index contributed by atoms with van der Waals surface area (Å²) in [7, 11) is 0. The third-order valence-corrected chi connectivity index (χ3v) is 12.0. The number of para-hydroxylation sites is 2. The van der Waals surface area contributed by atoms with Crippen LogP contribution in [0.2, 0.25) is 0 Å². The van der Waals surface area contributed by atoms with Gasteiger partial charge in [0.2, 0.25) is 0 Å². The van der Waals surface area contributed by atoms with E-state index in [9.17, 15) is 13.8 Å². The van der Waals surface area contributed by atoms with Crippen molar-refractivity contribution in [2.24, 2.45) is 0 Å². The van der Waals surface area contributed by atoms with Gasteiger partial charge >= 0.3 is 220 Å². The van der Waals surface area contributed by atoms with Crippen molar-refractivity contribution in [3.8, 4) is 23.0 Å². The average molecular weight is 544 g/mol. The van der Waals surface area contributed by atoms with Crippen LogP contribution >= 0.6 is 0 Å². The van der Waals surface area contributed by atoms with Crippen LogP contribution in [0, 0.1) is 13.8 Å². The molecule has 2 N–H and O–H groups in total. The van der Waals surface area contributed by atoms with Crippen LogP contribution in [0.15, 0.2) is 48.5 Å². The average Bonchev–Trinajstić information content (AvgIpc) is 2.81. The zero-order valence-electron chi connectivity index (χ0n) is 22.8. The van der Waals surface area contributed by atoms with Crippen molar-refractivity contribution in [3.63, 3.8) is 0 Å². The van der Waals surface area contributed by atoms with Gasteiger partial charge in [0.15, 0.2) is 0 Å². The Morgan fingerprint density at radius 1 is 0.757 bits per heavy atom. The molecule has 0 saturated carbocycles. The molecule has 1 heterocycles. The minimum absolute atomic E-state index is 0.0614. The van der Waals surface area contributed by atoms with Gasteiger partial charge in [0.05, 0.1) is 0 Å². The molecule has 0 fully saturated rings. The van der Waals surface area contributed by atoms with Gasteiger partial charge in [-0.2, -0.15) is 0 Å². The van der Waals surface area contributed by atoms with Gasteiger partial charge in [0.25, 0.3) is 0 Å². The third-order valence-electron chi connectivity index (χ3n) is 7.03. The summed E-state index contributed by atoms with van der Waals surface area (Å²) in [6.07, 6.45) is 0. The molecule has 198 valence electrons. The second-order valence-electron chi connectivity index (χ2n) is 12.1. The van der Waals surface area contributed by atoms with Crippen molar-refractivity contribution in [2.75, 3.05) is 0 Å². The quantitative estimate of drug-likeness (QED) is 0.189. The fraction of sp³-hybridized carbons (Fsp3) is 0.379. The number of benzene rings is 3. The Labute approximate surface area is 220 Å². The third kappa shape index (κ3) is 4.81. The summed E-state index contributed by atoms with van der Waals surface area (Å²) < 4.78 is 35.1. The molecule has 7 nitrogen and oxygen atoms in total. The van der Waals surface area contributed by atoms with Crippen LogP contribution < -0.4 is 13.3 Å². The fourth-order valence-electron chi connectivity index (χ4n) is 4.84. The second-order valence-corrected chi connectivity index (χ2v) is 17.7. The summed E-state index contributed by atoms with van der Waals surface area (Å²) in [5, 5.41) is 19.2. The Kier molecular flexibility index (Phi) is 6.81. The van der Waals surface area contributed by atoms with Crippen molar-refractivity contribution in [1.82, 2.24) is 0 Å². The summed E-state index contributed by atoms with van der Waals surface area (Å²) in [5.74, 6) is 2.06. The van der Waals surface area contributed by atoms with E-state index in [0.29, 0.717) is 28.6 Å². The number of hydrogen-bond donors (Lipinski definition) is 2. The van der Waals surface area contributed by atoms with Crippen LogP contribution in [0.5, 0.6) is 23.0 Å². The summed E-state index contributed by atoms with van der Waals surface area (Å²) in [5.41, 5.74) is 3.97. The van der Waals surface area contributed by atoms with Crippen molar-refractivity contribution in [2.45, 2.75) is 70.9 Å². The van der Waals surface area contributed by atoms with E-state index in [2.05, 4.69) is 48.5 Å². The van der Waals surface area contributed by atoms with Gasteiger partial charge in [0, 0.05) is 0 Å². The number of ether oxygens (including phenoxy) is 2. The summed E-state index contributed by atoms with van der Waals surface area (Å²) >= 11 is -5.93. The first-order valence-electron chi connectivity index (χ1n) is 12.4.